The lowest BCUT2D eigenvalue weighted by Crippen LogP contribution is -2.23. The van der Waals surface area contributed by atoms with E-state index in [2.05, 4.69) is 5.32 Å². The number of methoxy groups -OCH3 is 1. The number of ether oxygens (including phenoxy) is 1. The van der Waals surface area contributed by atoms with Crippen LogP contribution in [0, 0.1) is 11.3 Å². The molecule has 1 N–H and O–H groups in total. The number of nitrogens with one attached hydrogen (secondary N) is 1. The predicted octanol–water partition coefficient (Wildman–Crippen LogP) is 3.96. The van der Waals surface area contributed by atoms with E-state index < -0.39 is 11.9 Å². The van der Waals surface area contributed by atoms with E-state index >= 15 is 0 Å². The molecule has 0 aliphatic heterocycles. The molecular formula is C23H18N2O4. The minimum absolute atomic E-state index is 0.0805. The molecule has 2 aromatic carbocycles. The minimum Gasteiger partial charge on any atom is -0.465 e. The van der Waals surface area contributed by atoms with E-state index in [9.17, 15) is 14.9 Å². The van der Waals surface area contributed by atoms with Gasteiger partial charge in [-0.15, -0.1) is 0 Å². The topological polar surface area (TPSA) is 92.3 Å². The summed E-state index contributed by atoms with van der Waals surface area (Å²) in [6, 6.07) is 21.5. The van der Waals surface area contributed by atoms with Gasteiger partial charge in [0.2, 0.25) is 0 Å². The summed E-state index contributed by atoms with van der Waals surface area (Å²) in [5.74, 6) is -0.221. The molecule has 0 fully saturated rings. The Hall–Kier alpha value is -4.11. The monoisotopic (exact) mass is 386 g/mol. The number of hydrogen-bond donors (Lipinski definition) is 1. The SMILES string of the molecule is COC(=O)c1ccccc1-c1ccc(/C=C(/C#N)C(=O)NCc2ccccc2)o1. The van der Waals surface area contributed by atoms with Gasteiger partial charge >= 0.3 is 5.97 Å². The highest BCUT2D eigenvalue weighted by atomic mass is 16.5. The number of hydrogen-bond acceptors (Lipinski definition) is 5. The van der Waals surface area contributed by atoms with Crippen LogP contribution in [-0.2, 0) is 16.1 Å². The quantitative estimate of drug-likeness (QED) is 0.393. The molecule has 1 amide bonds. The molecule has 6 nitrogen and oxygen atoms in total. The van der Waals surface area contributed by atoms with Crippen molar-refractivity contribution in [1.82, 2.24) is 5.32 Å². The number of amides is 1. The first-order valence-electron chi connectivity index (χ1n) is 8.84. The van der Waals surface area contributed by atoms with Crippen molar-refractivity contribution >= 4 is 18.0 Å². The molecule has 3 aromatic rings. The number of nitrogens with zero attached hydrogens (tertiary/aromatic N) is 1. The van der Waals surface area contributed by atoms with E-state index in [0.29, 0.717) is 29.2 Å². The van der Waals surface area contributed by atoms with Gasteiger partial charge in [-0.05, 0) is 23.8 Å². The summed E-state index contributed by atoms with van der Waals surface area (Å²) in [7, 11) is 1.31. The molecule has 0 saturated heterocycles. The first-order valence-corrected chi connectivity index (χ1v) is 8.84. The highest BCUT2D eigenvalue weighted by Crippen LogP contribution is 2.27. The Balaban J connectivity index is 1.79. The van der Waals surface area contributed by atoms with Crippen LogP contribution in [0.4, 0.5) is 0 Å². The minimum atomic E-state index is -0.496. The summed E-state index contributed by atoms with van der Waals surface area (Å²) in [6.07, 6.45) is 1.37. The second-order valence-corrected chi connectivity index (χ2v) is 6.08. The first-order chi connectivity index (χ1) is 14.1. The Kier molecular flexibility index (Phi) is 6.23. The molecule has 0 atom stereocenters. The highest BCUT2D eigenvalue weighted by Gasteiger charge is 2.16. The molecule has 0 radical (unpaired) electrons. The fourth-order valence-electron chi connectivity index (χ4n) is 2.73. The molecule has 3 rings (SSSR count). The number of benzene rings is 2. The van der Waals surface area contributed by atoms with Crippen molar-refractivity contribution in [3.8, 4) is 17.4 Å². The van der Waals surface area contributed by atoms with Crippen LogP contribution < -0.4 is 5.32 Å². The second-order valence-electron chi connectivity index (χ2n) is 6.08. The number of carbonyl (C=O) groups excluding carboxylic acids is 2. The van der Waals surface area contributed by atoms with Crippen molar-refractivity contribution in [2.75, 3.05) is 7.11 Å². The first kappa shape index (κ1) is 19.6. The van der Waals surface area contributed by atoms with Crippen LogP contribution in [0.2, 0.25) is 0 Å². The van der Waals surface area contributed by atoms with Crippen LogP contribution in [0.15, 0.2) is 76.7 Å². The van der Waals surface area contributed by atoms with E-state index in [0.717, 1.165) is 5.56 Å². The van der Waals surface area contributed by atoms with Gasteiger partial charge in [-0.25, -0.2) is 4.79 Å². The Morgan fingerprint density at radius 2 is 1.79 bits per heavy atom. The second kappa shape index (κ2) is 9.20. The van der Waals surface area contributed by atoms with E-state index in [4.69, 9.17) is 9.15 Å². The molecule has 6 heteroatoms. The van der Waals surface area contributed by atoms with Crippen molar-refractivity contribution in [1.29, 1.82) is 5.26 Å². The fourth-order valence-corrected chi connectivity index (χ4v) is 2.73. The smallest absolute Gasteiger partial charge is 0.338 e. The zero-order chi connectivity index (χ0) is 20.6. The summed E-state index contributed by atoms with van der Waals surface area (Å²) < 4.78 is 10.5. The number of carbonyl (C=O) groups is 2. The van der Waals surface area contributed by atoms with E-state index in [1.54, 1.807) is 36.4 Å². The summed E-state index contributed by atoms with van der Waals surface area (Å²) in [5, 5.41) is 12.1. The van der Waals surface area contributed by atoms with Crippen LogP contribution in [0.3, 0.4) is 0 Å². The molecule has 0 aliphatic carbocycles. The maximum atomic E-state index is 12.3. The van der Waals surface area contributed by atoms with Crippen LogP contribution in [0.25, 0.3) is 17.4 Å². The maximum absolute atomic E-state index is 12.3. The third-order valence-corrected chi connectivity index (χ3v) is 4.17. The zero-order valence-electron chi connectivity index (χ0n) is 15.7. The van der Waals surface area contributed by atoms with Crippen molar-refractivity contribution in [2.24, 2.45) is 0 Å². The molecule has 0 spiro atoms. The van der Waals surface area contributed by atoms with Crippen molar-refractivity contribution < 1.29 is 18.7 Å². The van der Waals surface area contributed by atoms with Crippen molar-refractivity contribution in [3.05, 3.63) is 89.2 Å². The molecular weight excluding hydrogens is 368 g/mol. The Labute approximate surface area is 168 Å². The van der Waals surface area contributed by atoms with Crippen LogP contribution >= 0.6 is 0 Å². The van der Waals surface area contributed by atoms with Gasteiger partial charge in [0.05, 0.1) is 12.7 Å². The Morgan fingerprint density at radius 1 is 1.07 bits per heavy atom. The van der Waals surface area contributed by atoms with Crippen LogP contribution in [0.1, 0.15) is 21.7 Å². The van der Waals surface area contributed by atoms with E-state index in [1.165, 1.54) is 13.2 Å². The van der Waals surface area contributed by atoms with Crippen molar-refractivity contribution in [3.63, 3.8) is 0 Å². The Morgan fingerprint density at radius 3 is 2.52 bits per heavy atom. The van der Waals surface area contributed by atoms with Gasteiger partial charge in [-0.3, -0.25) is 4.79 Å². The summed E-state index contributed by atoms with van der Waals surface area (Å²) in [6.45, 7) is 0.314. The van der Waals surface area contributed by atoms with Crippen molar-refractivity contribution in [2.45, 2.75) is 6.54 Å². The van der Waals surface area contributed by atoms with Gasteiger partial charge in [0.25, 0.3) is 5.91 Å². The standard InChI is InChI=1S/C23H18N2O4/c1-28-23(27)20-10-6-5-9-19(20)21-12-11-18(29-21)13-17(14-24)22(26)25-15-16-7-3-2-4-8-16/h2-13H,15H2,1H3,(H,25,26)/b17-13-. The van der Waals surface area contributed by atoms with Gasteiger partial charge < -0.3 is 14.5 Å². The number of rotatable bonds is 6. The predicted molar refractivity (Wildman–Crippen MR) is 107 cm³/mol. The lowest BCUT2D eigenvalue weighted by Gasteiger charge is -2.05. The Bertz CT molecular complexity index is 1090. The molecule has 29 heavy (non-hydrogen) atoms. The lowest BCUT2D eigenvalue weighted by molar-refractivity contribution is -0.117. The molecule has 0 aliphatic rings. The van der Waals surface area contributed by atoms with Gasteiger partial charge in [-0.2, -0.15) is 5.26 Å². The molecule has 1 aromatic heterocycles. The summed E-state index contributed by atoms with van der Waals surface area (Å²) in [4.78, 5) is 24.3. The number of nitriles is 1. The van der Waals surface area contributed by atoms with Gasteiger partial charge in [0.1, 0.15) is 23.2 Å². The van der Waals surface area contributed by atoms with Crippen LogP contribution in [0.5, 0.6) is 0 Å². The third-order valence-electron chi connectivity index (χ3n) is 4.17. The average molecular weight is 386 g/mol. The summed E-state index contributed by atoms with van der Waals surface area (Å²) >= 11 is 0. The van der Waals surface area contributed by atoms with Gasteiger partial charge in [-0.1, -0.05) is 48.5 Å². The zero-order valence-corrected chi connectivity index (χ0v) is 15.7. The highest BCUT2D eigenvalue weighted by molar-refractivity contribution is 6.01. The van der Waals surface area contributed by atoms with Gasteiger partial charge in [0.15, 0.2) is 0 Å². The van der Waals surface area contributed by atoms with Gasteiger partial charge in [0, 0.05) is 18.2 Å². The average Bonchev–Trinajstić information content (AvgIpc) is 3.24. The lowest BCUT2D eigenvalue weighted by atomic mass is 10.1. The normalized spacial score (nSPS) is 10.8. The molecule has 0 bridgehead atoms. The molecule has 0 unspecified atom stereocenters. The molecule has 1 heterocycles. The number of furan rings is 1. The largest absolute Gasteiger partial charge is 0.465 e. The van der Waals surface area contributed by atoms with E-state index in [-0.39, 0.29) is 5.57 Å². The maximum Gasteiger partial charge on any atom is 0.338 e. The third kappa shape index (κ3) is 4.79. The van der Waals surface area contributed by atoms with Crippen LogP contribution in [-0.4, -0.2) is 19.0 Å². The number of esters is 1. The molecule has 0 saturated carbocycles. The summed E-state index contributed by atoms with van der Waals surface area (Å²) in [5.41, 5.74) is 1.77. The van der Waals surface area contributed by atoms with E-state index in [1.807, 2.05) is 36.4 Å². The molecule has 144 valence electrons. The fraction of sp³-hybridized carbons (Fsp3) is 0.0870.